The van der Waals surface area contributed by atoms with E-state index in [0.29, 0.717) is 16.3 Å². The Morgan fingerprint density at radius 3 is 2.69 bits per heavy atom. The van der Waals surface area contributed by atoms with E-state index in [1.807, 2.05) is 19.1 Å². The van der Waals surface area contributed by atoms with Crippen molar-refractivity contribution >= 4 is 23.7 Å². The Labute approximate surface area is 171 Å². The first-order chi connectivity index (χ1) is 13.9. The molecule has 0 unspecified atom stereocenters. The van der Waals surface area contributed by atoms with Gasteiger partial charge in [0.25, 0.3) is 11.5 Å². The highest BCUT2D eigenvalue weighted by molar-refractivity contribution is 6.30. The van der Waals surface area contributed by atoms with Gasteiger partial charge in [0.15, 0.2) is 5.69 Å². The van der Waals surface area contributed by atoms with Crippen molar-refractivity contribution in [2.45, 2.75) is 13.8 Å². The second-order valence-corrected chi connectivity index (χ2v) is 6.71. The number of carbonyl (C=O) groups excluding carboxylic acids is 1. The molecule has 0 saturated heterocycles. The summed E-state index contributed by atoms with van der Waals surface area (Å²) in [5.41, 5.74) is 3.83. The van der Waals surface area contributed by atoms with Gasteiger partial charge < -0.3 is 0 Å². The zero-order valence-electron chi connectivity index (χ0n) is 15.7. The minimum absolute atomic E-state index is 0.0640. The summed E-state index contributed by atoms with van der Waals surface area (Å²) in [7, 11) is 0. The molecule has 2 aromatic carbocycles. The molecule has 29 heavy (non-hydrogen) atoms. The number of rotatable bonds is 4. The monoisotopic (exact) mass is 405 g/mol. The van der Waals surface area contributed by atoms with E-state index in [-0.39, 0.29) is 16.8 Å². The van der Waals surface area contributed by atoms with Gasteiger partial charge in [-0.05, 0) is 49.2 Å². The first-order valence-electron chi connectivity index (χ1n) is 8.60. The third-order valence-electron chi connectivity index (χ3n) is 4.14. The molecule has 3 rings (SSSR count). The molecule has 7 nitrogen and oxygen atoms in total. The van der Waals surface area contributed by atoms with Gasteiger partial charge in [-0.1, -0.05) is 35.9 Å². The number of benzene rings is 2. The molecule has 1 heterocycles. The number of nitrogens with one attached hydrogen (secondary N) is 1. The van der Waals surface area contributed by atoms with Gasteiger partial charge >= 0.3 is 0 Å². The maximum absolute atomic E-state index is 12.6. The molecule has 144 valence electrons. The highest BCUT2D eigenvalue weighted by Crippen LogP contribution is 2.12. The highest BCUT2D eigenvalue weighted by Gasteiger charge is 2.20. The van der Waals surface area contributed by atoms with E-state index in [9.17, 15) is 14.9 Å². The lowest BCUT2D eigenvalue weighted by molar-refractivity contribution is 0.0947. The molecule has 1 amide bonds. The number of hydrogen-bond donors (Lipinski definition) is 1. The topological polar surface area (TPSA) is 100 Å². The van der Waals surface area contributed by atoms with E-state index >= 15 is 0 Å². The molecule has 1 aromatic heterocycles. The number of nitrogens with zero attached hydrogens (tertiary/aromatic N) is 4. The normalized spacial score (nSPS) is 10.7. The number of carbonyl (C=O) groups is 1. The fourth-order valence-electron chi connectivity index (χ4n) is 2.69. The minimum Gasteiger partial charge on any atom is -0.266 e. The molecule has 0 aliphatic heterocycles. The average molecular weight is 406 g/mol. The second-order valence-electron chi connectivity index (χ2n) is 6.27. The second kappa shape index (κ2) is 8.50. The van der Waals surface area contributed by atoms with Crippen LogP contribution in [0, 0.1) is 25.2 Å². The number of aryl methyl sites for hydroxylation is 1. The zero-order valence-corrected chi connectivity index (χ0v) is 16.4. The minimum atomic E-state index is -0.640. The van der Waals surface area contributed by atoms with Gasteiger partial charge in [0.1, 0.15) is 11.6 Å². The summed E-state index contributed by atoms with van der Waals surface area (Å²) in [6, 6.07) is 15.9. The third kappa shape index (κ3) is 4.39. The predicted molar refractivity (Wildman–Crippen MR) is 111 cm³/mol. The summed E-state index contributed by atoms with van der Waals surface area (Å²) in [6.45, 7) is 3.37. The first kappa shape index (κ1) is 20.0. The van der Waals surface area contributed by atoms with E-state index in [1.165, 1.54) is 13.1 Å². The van der Waals surface area contributed by atoms with Crippen LogP contribution in [0.15, 0.2) is 58.4 Å². The predicted octanol–water partition coefficient (Wildman–Crippen LogP) is 3.14. The molecule has 8 heteroatoms. The Morgan fingerprint density at radius 1 is 1.24 bits per heavy atom. The maximum Gasteiger partial charge on any atom is 0.292 e. The van der Waals surface area contributed by atoms with Gasteiger partial charge in [0, 0.05) is 10.6 Å². The Morgan fingerprint density at radius 2 is 2.00 bits per heavy atom. The number of hydrogen-bond acceptors (Lipinski definition) is 5. The van der Waals surface area contributed by atoms with Crippen molar-refractivity contribution in [2.24, 2.45) is 5.10 Å². The first-order valence-corrected chi connectivity index (χ1v) is 8.98. The average Bonchev–Trinajstić information content (AvgIpc) is 2.68. The lowest BCUT2D eigenvalue weighted by atomic mass is 10.1. The molecular formula is C21H16ClN5O2. The third-order valence-corrected chi connectivity index (χ3v) is 4.37. The number of hydrazone groups is 1. The van der Waals surface area contributed by atoms with E-state index in [1.54, 1.807) is 42.5 Å². The fraction of sp³-hybridized carbons (Fsp3) is 0.0952. The summed E-state index contributed by atoms with van der Waals surface area (Å²) in [5.74, 6) is -0.640. The van der Waals surface area contributed by atoms with E-state index < -0.39 is 11.5 Å². The molecule has 0 bridgehead atoms. The van der Waals surface area contributed by atoms with E-state index in [2.05, 4.69) is 15.6 Å². The van der Waals surface area contributed by atoms with Crippen LogP contribution in [0.5, 0.6) is 0 Å². The van der Waals surface area contributed by atoms with Crippen LogP contribution in [0.3, 0.4) is 0 Å². The largest absolute Gasteiger partial charge is 0.292 e. The molecule has 0 aliphatic carbocycles. The van der Waals surface area contributed by atoms with Gasteiger partial charge in [0.05, 0.1) is 11.9 Å². The van der Waals surface area contributed by atoms with Crippen LogP contribution < -0.4 is 11.0 Å². The van der Waals surface area contributed by atoms with Crippen molar-refractivity contribution in [3.05, 3.63) is 91.9 Å². The Hall–Kier alpha value is -3.76. The summed E-state index contributed by atoms with van der Waals surface area (Å²) < 4.78 is 1.05. The summed E-state index contributed by atoms with van der Waals surface area (Å²) in [5, 5.41) is 18.0. The van der Waals surface area contributed by atoms with Crippen LogP contribution in [0.2, 0.25) is 5.02 Å². The Kier molecular flexibility index (Phi) is 5.86. The molecule has 0 atom stereocenters. The molecule has 0 spiro atoms. The summed E-state index contributed by atoms with van der Waals surface area (Å²) in [4.78, 5) is 25.3. The molecular weight excluding hydrogens is 390 g/mol. The van der Waals surface area contributed by atoms with Crippen molar-refractivity contribution in [1.82, 2.24) is 15.2 Å². The quantitative estimate of drug-likeness (QED) is 0.532. The fourth-order valence-corrected chi connectivity index (χ4v) is 2.89. The zero-order chi connectivity index (χ0) is 21.0. The van der Waals surface area contributed by atoms with Crippen molar-refractivity contribution in [1.29, 1.82) is 5.26 Å². The van der Waals surface area contributed by atoms with Crippen LogP contribution >= 0.6 is 11.6 Å². The molecule has 0 saturated carbocycles. The number of amides is 1. The Bertz CT molecular complexity index is 1220. The Balaban J connectivity index is 1.98. The van der Waals surface area contributed by atoms with Crippen molar-refractivity contribution in [3.8, 4) is 11.8 Å². The van der Waals surface area contributed by atoms with E-state index in [4.69, 9.17) is 11.6 Å². The van der Waals surface area contributed by atoms with Gasteiger partial charge in [0.2, 0.25) is 0 Å². The molecule has 3 aromatic rings. The van der Waals surface area contributed by atoms with Crippen LogP contribution in [0.25, 0.3) is 5.69 Å². The van der Waals surface area contributed by atoms with Gasteiger partial charge in [-0.2, -0.15) is 20.1 Å². The van der Waals surface area contributed by atoms with Gasteiger partial charge in [-0.25, -0.2) is 5.43 Å². The molecule has 0 fully saturated rings. The van der Waals surface area contributed by atoms with Crippen LogP contribution in [0.4, 0.5) is 0 Å². The van der Waals surface area contributed by atoms with Crippen molar-refractivity contribution in [2.75, 3.05) is 0 Å². The van der Waals surface area contributed by atoms with Crippen molar-refractivity contribution < 1.29 is 4.79 Å². The SMILES string of the molecule is Cc1cccc(-n2nc(C(=O)N/N=C/c3cccc(Cl)c3)c(C)c(C#N)c2=O)c1. The van der Waals surface area contributed by atoms with Crippen LogP contribution in [-0.4, -0.2) is 21.9 Å². The van der Waals surface area contributed by atoms with Gasteiger partial charge in [-0.15, -0.1) is 0 Å². The number of nitriles is 1. The van der Waals surface area contributed by atoms with Crippen LogP contribution in [-0.2, 0) is 0 Å². The summed E-state index contributed by atoms with van der Waals surface area (Å²) in [6.07, 6.45) is 1.43. The number of halogens is 1. The highest BCUT2D eigenvalue weighted by atomic mass is 35.5. The number of aromatic nitrogens is 2. The van der Waals surface area contributed by atoms with Crippen LogP contribution in [0.1, 0.15) is 32.7 Å². The van der Waals surface area contributed by atoms with Crippen molar-refractivity contribution in [3.63, 3.8) is 0 Å². The maximum atomic E-state index is 12.6. The smallest absolute Gasteiger partial charge is 0.266 e. The van der Waals surface area contributed by atoms with E-state index in [0.717, 1.165) is 10.2 Å². The molecule has 1 N–H and O–H groups in total. The molecule has 0 aliphatic rings. The lowest BCUT2D eigenvalue weighted by Gasteiger charge is -2.11. The standard InChI is InChI=1S/C21H16ClN5O2/c1-13-5-3-8-17(9-13)27-21(29)18(11-23)14(2)19(26-27)20(28)25-24-12-15-6-4-7-16(22)10-15/h3-10,12H,1-2H3,(H,25,28)/b24-12+. The lowest BCUT2D eigenvalue weighted by Crippen LogP contribution is -2.31. The molecule has 0 radical (unpaired) electrons. The summed E-state index contributed by atoms with van der Waals surface area (Å²) >= 11 is 5.92. The van der Waals surface area contributed by atoms with Gasteiger partial charge in [-0.3, -0.25) is 9.59 Å².